The molecule has 2 aliphatic rings. The summed E-state index contributed by atoms with van der Waals surface area (Å²) in [5.74, 6) is 0. The fourth-order valence-corrected chi connectivity index (χ4v) is 11.8. The number of hydrogen-bond acceptors (Lipinski definition) is 2. The van der Waals surface area contributed by atoms with E-state index in [1.807, 2.05) is 97.1 Å². The lowest BCUT2D eigenvalue weighted by Crippen LogP contribution is -2.61. The Kier molecular flexibility index (Phi) is 6.94. The summed E-state index contributed by atoms with van der Waals surface area (Å²) in [6.45, 7) is 5.93. The summed E-state index contributed by atoms with van der Waals surface area (Å²) in [5, 5.41) is -0.188. The molecule has 360 valence electrons. The maximum Gasteiger partial charge on any atom is 0.252 e. The number of anilines is 6. The minimum Gasteiger partial charge on any atom is -0.311 e. The molecule has 13 aromatic rings. The van der Waals surface area contributed by atoms with Gasteiger partial charge in [0.1, 0.15) is 0 Å². The highest BCUT2D eigenvalue weighted by atomic mass is 15.2. The molecule has 0 aliphatic carbocycles. The van der Waals surface area contributed by atoms with Gasteiger partial charge in [-0.15, -0.1) is 0 Å². The van der Waals surface area contributed by atoms with Gasteiger partial charge in [-0.25, -0.2) is 0 Å². The van der Waals surface area contributed by atoms with E-state index in [0.717, 1.165) is 67.0 Å². The van der Waals surface area contributed by atoms with E-state index < -0.39 is 103 Å². The largest absolute Gasteiger partial charge is 0.311 e. The minimum atomic E-state index is -0.600. The number of aromatic nitrogens is 2. The summed E-state index contributed by atoms with van der Waals surface area (Å²) < 4.78 is 149. The highest BCUT2D eigenvalue weighted by molar-refractivity contribution is 7.00. The van der Waals surface area contributed by atoms with Crippen LogP contribution in [0.2, 0.25) is 0 Å². The van der Waals surface area contributed by atoms with E-state index in [0.29, 0.717) is 29.2 Å². The molecule has 0 bridgehead atoms. The third-order valence-electron chi connectivity index (χ3n) is 14.9. The maximum absolute atomic E-state index is 9.48. The Morgan fingerprint density at radius 2 is 0.711 bits per heavy atom. The predicted molar refractivity (Wildman–Crippen MR) is 323 cm³/mol. The second-order valence-corrected chi connectivity index (χ2v) is 20.8. The zero-order chi connectivity index (χ0) is 64.6. The van der Waals surface area contributed by atoms with Crippen molar-refractivity contribution in [3.8, 4) is 33.6 Å². The van der Waals surface area contributed by atoms with Gasteiger partial charge in [-0.2, -0.15) is 0 Å². The molecular weight excluding hydrogens is 920 g/mol. The molecule has 0 fully saturated rings. The molecule has 0 N–H and O–H groups in total. The predicted octanol–water partition coefficient (Wildman–Crippen LogP) is 16.9. The van der Waals surface area contributed by atoms with E-state index in [1.165, 1.54) is 9.13 Å². The summed E-state index contributed by atoms with van der Waals surface area (Å²) in [6.07, 6.45) is 0.608. The monoisotopic (exact) mass is 989 g/mol. The van der Waals surface area contributed by atoms with Gasteiger partial charge in [0.25, 0.3) is 6.71 Å². The molecule has 0 atom stereocenters. The Hall–Kier alpha value is -9.32. The average molecular weight is 989 g/mol. The first kappa shape index (κ1) is 30.8. The van der Waals surface area contributed by atoms with Crippen molar-refractivity contribution < 1.29 is 21.9 Å². The number of hydrogen-bond donors (Lipinski definition) is 0. The van der Waals surface area contributed by atoms with Crippen LogP contribution in [-0.2, 0) is 6.42 Å². The Morgan fingerprint density at radius 3 is 1.08 bits per heavy atom. The van der Waals surface area contributed by atoms with Crippen molar-refractivity contribution in [2.45, 2.75) is 27.2 Å². The Morgan fingerprint density at radius 1 is 0.368 bits per heavy atom. The SMILES string of the molecule is [2H]c1c([2H])c([2H])c2c(c1[2H])c1c([2H])c([2H])c([2H])c([2H])c1n2-c1ccc2c(c1)N(c1ccc(-c3ccccc3)cc1)c1cc(CC(C)(C)C)cc3c1B2c1ccc(-n2c4c([2H])c([2H])c([2H])c([2H])c4c4c([2H])c([2H])c([2H])c([2H])c42)cc1N3c1ccc(-c2ccccc2)cc1. The molecule has 5 heteroatoms. The highest BCUT2D eigenvalue weighted by Gasteiger charge is 2.44. The van der Waals surface area contributed by atoms with Gasteiger partial charge in [-0.05, 0) is 141 Å². The first-order chi connectivity index (χ1) is 44.0. The van der Waals surface area contributed by atoms with Crippen LogP contribution in [0.5, 0.6) is 0 Å². The third-order valence-corrected chi connectivity index (χ3v) is 14.9. The Bertz CT molecular complexity index is 4900. The zero-order valence-electron chi connectivity index (χ0n) is 57.6. The summed E-state index contributed by atoms with van der Waals surface area (Å²) in [4.78, 5) is 4.39. The van der Waals surface area contributed by atoms with E-state index >= 15 is 0 Å². The lowest BCUT2D eigenvalue weighted by atomic mass is 9.33. The normalized spacial score (nSPS) is 15.9. The highest BCUT2D eigenvalue weighted by Crippen LogP contribution is 2.47. The van der Waals surface area contributed by atoms with E-state index in [4.69, 9.17) is 11.0 Å². The quantitative estimate of drug-likeness (QED) is 0.148. The van der Waals surface area contributed by atoms with Crippen LogP contribution in [0.1, 0.15) is 48.3 Å². The summed E-state index contributed by atoms with van der Waals surface area (Å²) in [7, 11) is 0. The number of para-hydroxylation sites is 4. The van der Waals surface area contributed by atoms with Gasteiger partial charge >= 0.3 is 0 Å². The molecule has 2 aromatic heterocycles. The van der Waals surface area contributed by atoms with E-state index in [2.05, 4.69) is 91.2 Å². The third kappa shape index (κ3) is 6.99. The second-order valence-electron chi connectivity index (χ2n) is 20.8. The summed E-state index contributed by atoms with van der Waals surface area (Å²) in [6, 6.07) is 44.6. The topological polar surface area (TPSA) is 16.3 Å². The van der Waals surface area contributed by atoms with E-state index in [9.17, 15) is 11.0 Å². The van der Waals surface area contributed by atoms with Crippen molar-refractivity contribution in [1.29, 1.82) is 0 Å². The molecule has 0 unspecified atom stereocenters. The fourth-order valence-electron chi connectivity index (χ4n) is 11.8. The number of nitrogens with zero attached hydrogens (tertiary/aromatic N) is 4. The van der Waals surface area contributed by atoms with Crippen LogP contribution in [0, 0.1) is 5.41 Å². The summed E-state index contributed by atoms with van der Waals surface area (Å²) in [5.41, 5.74) is 12.3. The van der Waals surface area contributed by atoms with E-state index in [-0.39, 0.29) is 49.0 Å². The maximum atomic E-state index is 9.48. The van der Waals surface area contributed by atoms with Gasteiger partial charge in [0.05, 0.1) is 44.0 Å². The van der Waals surface area contributed by atoms with Gasteiger partial charge in [-0.3, -0.25) is 0 Å². The molecule has 0 amide bonds. The van der Waals surface area contributed by atoms with Gasteiger partial charge in [0, 0.05) is 67.0 Å². The lowest BCUT2D eigenvalue weighted by molar-refractivity contribution is 0.411. The van der Waals surface area contributed by atoms with Gasteiger partial charge in [0.15, 0.2) is 0 Å². The number of fused-ring (bicyclic) bond motifs is 10. The van der Waals surface area contributed by atoms with Crippen LogP contribution in [0.15, 0.2) is 254 Å². The smallest absolute Gasteiger partial charge is 0.252 e. The van der Waals surface area contributed by atoms with Crippen LogP contribution in [0.4, 0.5) is 34.1 Å². The molecule has 0 saturated heterocycles. The Balaban J connectivity index is 1.07. The van der Waals surface area contributed by atoms with Crippen molar-refractivity contribution in [2.75, 3.05) is 9.80 Å². The van der Waals surface area contributed by atoms with Gasteiger partial charge < -0.3 is 18.9 Å². The molecule has 4 nitrogen and oxygen atoms in total. The fraction of sp³-hybridized carbons (Fsp3) is 0.0704. The van der Waals surface area contributed by atoms with Crippen LogP contribution < -0.4 is 26.2 Å². The van der Waals surface area contributed by atoms with Crippen LogP contribution in [0.3, 0.4) is 0 Å². The van der Waals surface area contributed by atoms with Gasteiger partial charge in [-0.1, -0.05) is 190 Å². The first-order valence-electron chi connectivity index (χ1n) is 33.4. The molecule has 4 heterocycles. The summed E-state index contributed by atoms with van der Waals surface area (Å²) >= 11 is 0. The van der Waals surface area contributed by atoms with Crippen LogP contribution in [-0.4, -0.2) is 15.8 Å². The van der Waals surface area contributed by atoms with Gasteiger partial charge in [0.2, 0.25) is 0 Å². The molecule has 0 saturated carbocycles. The number of benzene rings is 11. The first-order valence-corrected chi connectivity index (χ1v) is 25.4. The molecule has 11 aromatic carbocycles. The molecule has 15 rings (SSSR count). The molecule has 76 heavy (non-hydrogen) atoms. The van der Waals surface area contributed by atoms with Crippen LogP contribution in [0.25, 0.3) is 77.2 Å². The number of rotatable bonds is 7. The average Bonchev–Trinajstić information content (AvgIpc) is 1.15. The van der Waals surface area contributed by atoms with Crippen LogP contribution >= 0.6 is 0 Å². The minimum absolute atomic E-state index is 0.0214. The van der Waals surface area contributed by atoms with Crippen molar-refractivity contribution in [3.63, 3.8) is 0 Å². The van der Waals surface area contributed by atoms with Crippen molar-refractivity contribution in [2.24, 2.45) is 5.41 Å². The van der Waals surface area contributed by atoms with Crippen molar-refractivity contribution in [3.05, 3.63) is 260 Å². The molecule has 2 aliphatic heterocycles. The standard InChI is InChI=1S/C71H53BN4/c1-71(2,3)46-47-42-68-70-69(43-47)74(53-36-32-51(33-37-53)49-20-8-5-9-21-49)67-45-55(76-64-28-16-12-24-58(64)59-25-13-17-29-65(59)76)39-41-61(67)72(70)60-40-38-54(75-62-26-14-10-22-56(62)57-23-11-15-27-63(57)75)44-66(60)73(68)52-34-30-50(31-35-52)48-18-6-4-7-19-48/h4-45H,46H2,1-3H3/i10D,11D,12D,13D,14D,15D,16D,17D,22D,23D,24D,25D,26D,27D,28D,29D. The van der Waals surface area contributed by atoms with Crippen molar-refractivity contribution in [1.82, 2.24) is 9.13 Å². The molecule has 0 radical (unpaired) electrons. The van der Waals surface area contributed by atoms with Crippen molar-refractivity contribution >= 4 is 101 Å². The second kappa shape index (κ2) is 17.1. The Labute approximate surface area is 466 Å². The molecular formula is C71H53BN4. The molecule has 0 spiro atoms. The lowest BCUT2D eigenvalue weighted by Gasteiger charge is -2.45. The van der Waals surface area contributed by atoms with E-state index in [1.54, 1.807) is 0 Å². The zero-order valence-corrected chi connectivity index (χ0v) is 41.6.